The molecule has 0 radical (unpaired) electrons. The number of aromatic nitrogens is 2. The monoisotopic (exact) mass is 195 g/mol. The molecule has 0 spiro atoms. The zero-order valence-corrected chi connectivity index (χ0v) is 8.71. The predicted molar refractivity (Wildman–Crippen MR) is 53.9 cm³/mol. The van der Waals surface area contributed by atoms with E-state index in [4.69, 9.17) is 4.74 Å². The Kier molecular flexibility index (Phi) is 2.84. The van der Waals surface area contributed by atoms with Gasteiger partial charge in [-0.05, 0) is 19.8 Å². The molecular formula is C10H17N3O. The molecule has 1 aliphatic carbocycles. The third-order valence-corrected chi connectivity index (χ3v) is 2.55. The summed E-state index contributed by atoms with van der Waals surface area (Å²) < 4.78 is 5.17. The number of nitrogens with zero attached hydrogens (tertiary/aromatic N) is 1. The fourth-order valence-electron chi connectivity index (χ4n) is 1.33. The van der Waals surface area contributed by atoms with Crippen molar-refractivity contribution in [2.24, 2.45) is 0 Å². The van der Waals surface area contributed by atoms with E-state index in [9.17, 15) is 0 Å². The average Bonchev–Trinajstić information content (AvgIpc) is 2.92. The number of H-pyrrole nitrogens is 1. The number of hydrogen-bond acceptors (Lipinski definition) is 3. The van der Waals surface area contributed by atoms with Crippen LogP contribution in [-0.4, -0.2) is 23.1 Å². The first-order valence-corrected chi connectivity index (χ1v) is 5.09. The summed E-state index contributed by atoms with van der Waals surface area (Å²) in [5.41, 5.74) is 1.14. The van der Waals surface area contributed by atoms with Crippen molar-refractivity contribution in [3.05, 3.63) is 17.7 Å². The largest absolute Gasteiger partial charge is 0.374 e. The van der Waals surface area contributed by atoms with Crippen LogP contribution in [-0.2, 0) is 11.3 Å². The van der Waals surface area contributed by atoms with Crippen LogP contribution in [0.2, 0.25) is 0 Å². The van der Waals surface area contributed by atoms with Gasteiger partial charge in [0.05, 0.1) is 0 Å². The summed E-state index contributed by atoms with van der Waals surface area (Å²) in [5.74, 6) is 0.903. The van der Waals surface area contributed by atoms with Gasteiger partial charge in [-0.25, -0.2) is 4.98 Å². The molecule has 1 unspecified atom stereocenters. The molecule has 1 saturated carbocycles. The Bertz CT molecular complexity index is 293. The Hall–Kier alpha value is -0.870. The molecule has 1 heterocycles. The highest BCUT2D eigenvalue weighted by Gasteiger charge is 2.20. The molecule has 0 bridgehead atoms. The maximum absolute atomic E-state index is 5.17. The molecule has 1 aromatic rings. The third kappa shape index (κ3) is 2.33. The van der Waals surface area contributed by atoms with E-state index < -0.39 is 0 Å². The van der Waals surface area contributed by atoms with E-state index in [0.29, 0.717) is 0 Å². The van der Waals surface area contributed by atoms with E-state index in [1.807, 2.05) is 13.1 Å². The Morgan fingerprint density at radius 3 is 3.14 bits per heavy atom. The second-order valence-corrected chi connectivity index (χ2v) is 3.83. The van der Waals surface area contributed by atoms with Crippen LogP contribution in [0.3, 0.4) is 0 Å². The zero-order chi connectivity index (χ0) is 9.97. The minimum atomic E-state index is 0.0460. The fraction of sp³-hybridized carbons (Fsp3) is 0.700. The van der Waals surface area contributed by atoms with E-state index in [1.165, 1.54) is 12.8 Å². The normalized spacial score (nSPS) is 18.4. The van der Waals surface area contributed by atoms with E-state index in [2.05, 4.69) is 15.3 Å². The van der Waals surface area contributed by atoms with Crippen molar-refractivity contribution in [3.63, 3.8) is 0 Å². The van der Waals surface area contributed by atoms with E-state index in [1.54, 1.807) is 7.11 Å². The van der Waals surface area contributed by atoms with Gasteiger partial charge in [0, 0.05) is 31.6 Å². The predicted octanol–water partition coefficient (Wildman–Crippen LogP) is 1.37. The van der Waals surface area contributed by atoms with Crippen molar-refractivity contribution < 1.29 is 4.74 Å². The summed E-state index contributed by atoms with van der Waals surface area (Å²) in [6, 6.07) is 0.738. The number of imidazole rings is 1. The van der Waals surface area contributed by atoms with Gasteiger partial charge in [0.25, 0.3) is 0 Å². The van der Waals surface area contributed by atoms with Gasteiger partial charge < -0.3 is 15.0 Å². The Morgan fingerprint density at radius 1 is 1.71 bits per heavy atom. The number of aromatic amines is 1. The van der Waals surface area contributed by atoms with Crippen LogP contribution in [0.1, 0.15) is 37.4 Å². The molecular weight excluding hydrogens is 178 g/mol. The van der Waals surface area contributed by atoms with Crippen LogP contribution >= 0.6 is 0 Å². The van der Waals surface area contributed by atoms with Crippen molar-refractivity contribution in [3.8, 4) is 0 Å². The van der Waals surface area contributed by atoms with Crippen molar-refractivity contribution >= 4 is 0 Å². The van der Waals surface area contributed by atoms with Crippen molar-refractivity contribution in [1.29, 1.82) is 0 Å². The number of methoxy groups -OCH3 is 1. The summed E-state index contributed by atoms with van der Waals surface area (Å²) in [7, 11) is 1.69. The van der Waals surface area contributed by atoms with Gasteiger partial charge in [-0.3, -0.25) is 0 Å². The van der Waals surface area contributed by atoms with Gasteiger partial charge in [-0.1, -0.05) is 0 Å². The van der Waals surface area contributed by atoms with Gasteiger partial charge >= 0.3 is 0 Å². The highest BCUT2D eigenvalue weighted by atomic mass is 16.5. The molecule has 2 rings (SSSR count). The van der Waals surface area contributed by atoms with Crippen molar-refractivity contribution in [1.82, 2.24) is 15.3 Å². The molecule has 4 heteroatoms. The van der Waals surface area contributed by atoms with Gasteiger partial charge in [0.15, 0.2) is 0 Å². The first-order valence-electron chi connectivity index (χ1n) is 5.09. The molecule has 4 nitrogen and oxygen atoms in total. The highest BCUT2D eigenvalue weighted by Crippen LogP contribution is 2.19. The van der Waals surface area contributed by atoms with Crippen molar-refractivity contribution in [2.45, 2.75) is 38.5 Å². The third-order valence-electron chi connectivity index (χ3n) is 2.55. The first kappa shape index (κ1) is 9.68. The molecule has 0 aliphatic heterocycles. The lowest BCUT2D eigenvalue weighted by molar-refractivity contribution is 0.112. The van der Waals surface area contributed by atoms with Gasteiger partial charge in [0.1, 0.15) is 11.9 Å². The average molecular weight is 195 g/mol. The molecule has 0 amide bonds. The zero-order valence-electron chi connectivity index (χ0n) is 8.71. The smallest absolute Gasteiger partial charge is 0.135 e. The lowest BCUT2D eigenvalue weighted by atomic mass is 10.4. The quantitative estimate of drug-likeness (QED) is 0.746. The van der Waals surface area contributed by atoms with Crippen LogP contribution < -0.4 is 5.32 Å². The Balaban J connectivity index is 1.87. The van der Waals surface area contributed by atoms with Crippen LogP contribution in [0.25, 0.3) is 0 Å². The standard InChI is InChI=1S/C10H17N3O/c1-7(14-2)10-12-6-9(13-10)5-11-8-3-4-8/h6-8,11H,3-5H2,1-2H3,(H,12,13). The molecule has 1 fully saturated rings. The Morgan fingerprint density at radius 2 is 2.50 bits per heavy atom. The summed E-state index contributed by atoms with van der Waals surface area (Å²) in [6.45, 7) is 2.87. The number of rotatable bonds is 5. The van der Waals surface area contributed by atoms with Crippen LogP contribution in [0.5, 0.6) is 0 Å². The van der Waals surface area contributed by atoms with Gasteiger partial charge in [-0.15, -0.1) is 0 Å². The van der Waals surface area contributed by atoms with E-state index in [-0.39, 0.29) is 6.10 Å². The number of hydrogen-bond donors (Lipinski definition) is 2. The molecule has 0 aromatic carbocycles. The van der Waals surface area contributed by atoms with Crippen LogP contribution in [0, 0.1) is 0 Å². The van der Waals surface area contributed by atoms with E-state index >= 15 is 0 Å². The molecule has 1 aliphatic rings. The van der Waals surface area contributed by atoms with Gasteiger partial charge in [0.2, 0.25) is 0 Å². The highest BCUT2D eigenvalue weighted by molar-refractivity contribution is 5.03. The lowest BCUT2D eigenvalue weighted by Gasteiger charge is -2.04. The maximum Gasteiger partial charge on any atom is 0.135 e. The lowest BCUT2D eigenvalue weighted by Crippen LogP contribution is -2.15. The second-order valence-electron chi connectivity index (χ2n) is 3.83. The molecule has 78 valence electrons. The molecule has 1 aromatic heterocycles. The SMILES string of the molecule is COC(C)c1ncc(CNC2CC2)[nH]1. The minimum Gasteiger partial charge on any atom is -0.374 e. The fourth-order valence-corrected chi connectivity index (χ4v) is 1.33. The summed E-state index contributed by atoms with van der Waals surface area (Å²) in [5, 5.41) is 3.43. The summed E-state index contributed by atoms with van der Waals surface area (Å²) >= 11 is 0. The first-order chi connectivity index (χ1) is 6.79. The van der Waals surface area contributed by atoms with E-state index in [0.717, 1.165) is 24.1 Å². The Labute approximate surface area is 84.1 Å². The van der Waals surface area contributed by atoms with Gasteiger partial charge in [-0.2, -0.15) is 0 Å². The molecule has 0 saturated heterocycles. The maximum atomic E-state index is 5.17. The summed E-state index contributed by atoms with van der Waals surface area (Å²) in [4.78, 5) is 7.51. The van der Waals surface area contributed by atoms with Crippen LogP contribution in [0.15, 0.2) is 6.20 Å². The molecule has 2 N–H and O–H groups in total. The topological polar surface area (TPSA) is 49.9 Å². The van der Waals surface area contributed by atoms with Crippen molar-refractivity contribution in [2.75, 3.05) is 7.11 Å². The molecule has 14 heavy (non-hydrogen) atoms. The number of nitrogens with one attached hydrogen (secondary N) is 2. The molecule has 1 atom stereocenters. The second kappa shape index (κ2) is 4.11. The summed E-state index contributed by atoms with van der Waals surface area (Å²) in [6.07, 6.45) is 4.55. The van der Waals surface area contributed by atoms with Crippen LogP contribution in [0.4, 0.5) is 0 Å². The minimum absolute atomic E-state index is 0.0460. The number of ether oxygens (including phenoxy) is 1.